The molecule has 2 aromatic carbocycles. The molecule has 0 unspecified atom stereocenters. The van der Waals surface area contributed by atoms with Crippen molar-refractivity contribution in [2.75, 3.05) is 18.4 Å². The first-order valence-electron chi connectivity index (χ1n) is 9.75. The van der Waals surface area contributed by atoms with Gasteiger partial charge in [-0.1, -0.05) is 23.7 Å². The number of aromatic amines is 1. The number of H-pyrrole nitrogens is 1. The molecule has 7 nitrogen and oxygen atoms in total. The summed E-state index contributed by atoms with van der Waals surface area (Å²) >= 11 is 11.1. The molecule has 0 atom stereocenters. The summed E-state index contributed by atoms with van der Waals surface area (Å²) < 4.78 is 41.2. The molecule has 0 bridgehead atoms. The van der Waals surface area contributed by atoms with E-state index >= 15 is 0 Å². The van der Waals surface area contributed by atoms with Gasteiger partial charge < -0.3 is 10.2 Å². The molecule has 33 heavy (non-hydrogen) atoms. The van der Waals surface area contributed by atoms with Crippen LogP contribution in [0.5, 0.6) is 0 Å². The van der Waals surface area contributed by atoms with E-state index in [2.05, 4.69) is 15.5 Å². The summed E-state index contributed by atoms with van der Waals surface area (Å²) in [5.74, 6) is -0.801. The first-order valence-corrected chi connectivity index (χ1v) is 10.5. The molecule has 0 aliphatic carbocycles. The molecule has 0 saturated heterocycles. The summed E-state index contributed by atoms with van der Waals surface area (Å²) in [6, 6.07) is 11.4. The third-order valence-corrected chi connectivity index (χ3v) is 5.29. The molecule has 0 radical (unpaired) electrons. The van der Waals surface area contributed by atoms with Gasteiger partial charge in [0.05, 0.1) is 17.8 Å². The van der Waals surface area contributed by atoms with E-state index in [1.807, 2.05) is 0 Å². The van der Waals surface area contributed by atoms with Gasteiger partial charge in [0.1, 0.15) is 6.54 Å². The van der Waals surface area contributed by atoms with Crippen molar-refractivity contribution >= 4 is 41.3 Å². The first-order chi connectivity index (χ1) is 15.6. The molecule has 12 heteroatoms. The zero-order valence-electron chi connectivity index (χ0n) is 17.3. The average Bonchev–Trinajstić information content (AvgIpc) is 3.12. The summed E-state index contributed by atoms with van der Waals surface area (Å²) in [7, 11) is 0. The number of benzene rings is 2. The summed E-state index contributed by atoms with van der Waals surface area (Å²) in [4.78, 5) is 26.5. The molecule has 0 spiro atoms. The van der Waals surface area contributed by atoms with Crippen LogP contribution >= 0.6 is 23.8 Å². The number of alkyl halides is 3. The quantitative estimate of drug-likeness (QED) is 0.461. The molecule has 174 valence electrons. The highest BCUT2D eigenvalue weighted by Crippen LogP contribution is 2.34. The molecule has 1 heterocycles. The van der Waals surface area contributed by atoms with E-state index in [-0.39, 0.29) is 23.5 Å². The highest BCUT2D eigenvalue weighted by Gasteiger charge is 2.33. The minimum absolute atomic E-state index is 0.161. The maximum atomic E-state index is 13.2. The fourth-order valence-corrected chi connectivity index (χ4v) is 3.42. The standard InChI is InChI=1S/C21H19ClF3N5O2S/c1-2-29(11-17(31)26-16-6-4-3-5-15(16)21(23,24)25)18(32)12-30-19(27-28-20(30)33)13-7-9-14(22)10-8-13/h3-10H,2,11-12H2,1H3,(H,26,31)(H,28,33). The molecule has 1 aromatic heterocycles. The molecule has 0 fully saturated rings. The second-order valence-electron chi connectivity index (χ2n) is 6.94. The molecule has 3 aromatic rings. The predicted octanol–water partition coefficient (Wildman–Crippen LogP) is 4.77. The monoisotopic (exact) mass is 497 g/mol. The maximum absolute atomic E-state index is 13.2. The Kier molecular flexibility index (Phi) is 7.54. The van der Waals surface area contributed by atoms with E-state index in [0.717, 1.165) is 12.1 Å². The summed E-state index contributed by atoms with van der Waals surface area (Å²) in [5.41, 5.74) is -0.672. The van der Waals surface area contributed by atoms with E-state index in [9.17, 15) is 22.8 Å². The Morgan fingerprint density at radius 3 is 2.48 bits per heavy atom. The fraction of sp³-hybridized carbons (Fsp3) is 0.238. The summed E-state index contributed by atoms with van der Waals surface area (Å²) in [6.07, 6.45) is -4.63. The fourth-order valence-electron chi connectivity index (χ4n) is 3.10. The van der Waals surface area contributed by atoms with Crippen LogP contribution < -0.4 is 5.32 Å². The summed E-state index contributed by atoms with van der Waals surface area (Å²) in [5, 5.41) is 9.55. The van der Waals surface area contributed by atoms with Crippen molar-refractivity contribution in [2.24, 2.45) is 0 Å². The maximum Gasteiger partial charge on any atom is 0.418 e. The Morgan fingerprint density at radius 1 is 1.18 bits per heavy atom. The zero-order valence-corrected chi connectivity index (χ0v) is 18.9. The number of nitrogens with zero attached hydrogens (tertiary/aromatic N) is 3. The Hall–Kier alpha value is -3.18. The average molecular weight is 498 g/mol. The third kappa shape index (κ3) is 5.99. The van der Waals surface area contributed by atoms with Gasteiger partial charge in [-0.2, -0.15) is 18.3 Å². The Balaban J connectivity index is 1.73. The molecule has 2 N–H and O–H groups in total. The van der Waals surface area contributed by atoms with Crippen LogP contribution in [0.3, 0.4) is 0 Å². The van der Waals surface area contributed by atoms with Crippen LogP contribution in [0.1, 0.15) is 12.5 Å². The number of rotatable bonds is 7. The lowest BCUT2D eigenvalue weighted by Crippen LogP contribution is -2.40. The van der Waals surface area contributed by atoms with Crippen molar-refractivity contribution in [3.8, 4) is 11.4 Å². The highest BCUT2D eigenvalue weighted by atomic mass is 35.5. The molecule has 3 rings (SSSR count). The minimum atomic E-state index is -4.63. The zero-order chi connectivity index (χ0) is 24.2. The number of anilines is 1. The molecule has 0 aliphatic rings. The van der Waals surface area contributed by atoms with Crippen molar-refractivity contribution in [1.29, 1.82) is 0 Å². The van der Waals surface area contributed by atoms with Gasteiger partial charge in [-0.15, -0.1) is 0 Å². The van der Waals surface area contributed by atoms with Gasteiger partial charge in [-0.3, -0.25) is 19.3 Å². The number of aromatic nitrogens is 3. The van der Waals surface area contributed by atoms with Crippen LogP contribution in [0.15, 0.2) is 48.5 Å². The number of carbonyl (C=O) groups is 2. The number of halogens is 4. The Morgan fingerprint density at radius 2 is 1.85 bits per heavy atom. The lowest BCUT2D eigenvalue weighted by Gasteiger charge is -2.21. The van der Waals surface area contributed by atoms with Gasteiger partial charge in [0.25, 0.3) is 0 Å². The number of carbonyl (C=O) groups excluding carboxylic acids is 2. The van der Waals surface area contributed by atoms with Crippen LogP contribution in [0.4, 0.5) is 18.9 Å². The van der Waals surface area contributed by atoms with Gasteiger partial charge in [0.2, 0.25) is 11.8 Å². The van der Waals surface area contributed by atoms with Crippen LogP contribution in [0.25, 0.3) is 11.4 Å². The number of hydrogen-bond acceptors (Lipinski definition) is 4. The molecule has 2 amide bonds. The number of hydrogen-bond donors (Lipinski definition) is 2. The van der Waals surface area contributed by atoms with Gasteiger partial charge >= 0.3 is 6.18 Å². The number of amides is 2. The van der Waals surface area contributed by atoms with E-state index in [4.69, 9.17) is 23.8 Å². The second-order valence-corrected chi connectivity index (χ2v) is 7.77. The van der Waals surface area contributed by atoms with Crippen LogP contribution in [0.2, 0.25) is 5.02 Å². The van der Waals surface area contributed by atoms with Gasteiger partial charge in [-0.05, 0) is 55.5 Å². The van der Waals surface area contributed by atoms with Crippen molar-refractivity contribution in [1.82, 2.24) is 19.7 Å². The number of para-hydroxylation sites is 1. The smallest absolute Gasteiger partial charge is 0.332 e. The van der Waals surface area contributed by atoms with E-state index < -0.39 is 30.1 Å². The van der Waals surface area contributed by atoms with Crippen molar-refractivity contribution < 1.29 is 22.8 Å². The van der Waals surface area contributed by atoms with Gasteiger partial charge in [-0.25, -0.2) is 0 Å². The van der Waals surface area contributed by atoms with Gasteiger partial charge in [0, 0.05) is 17.1 Å². The van der Waals surface area contributed by atoms with Crippen molar-refractivity contribution in [3.63, 3.8) is 0 Å². The predicted molar refractivity (Wildman–Crippen MR) is 120 cm³/mol. The van der Waals surface area contributed by atoms with Crippen LogP contribution in [-0.2, 0) is 22.3 Å². The Labute approximate surface area is 197 Å². The van der Waals surface area contributed by atoms with Crippen molar-refractivity contribution in [3.05, 3.63) is 63.9 Å². The highest BCUT2D eigenvalue weighted by molar-refractivity contribution is 7.71. The molecule has 0 saturated carbocycles. The topological polar surface area (TPSA) is 83.0 Å². The lowest BCUT2D eigenvalue weighted by atomic mass is 10.1. The van der Waals surface area contributed by atoms with E-state index in [1.54, 1.807) is 31.2 Å². The van der Waals surface area contributed by atoms with Crippen molar-refractivity contribution in [2.45, 2.75) is 19.6 Å². The van der Waals surface area contributed by atoms with Crippen LogP contribution in [-0.4, -0.2) is 44.6 Å². The van der Waals surface area contributed by atoms with Crippen LogP contribution in [0, 0.1) is 4.77 Å². The number of nitrogens with one attached hydrogen (secondary N) is 2. The molecular formula is C21H19ClF3N5O2S. The first kappa shape index (κ1) is 24.5. The largest absolute Gasteiger partial charge is 0.418 e. The summed E-state index contributed by atoms with van der Waals surface area (Å²) in [6.45, 7) is 1.18. The minimum Gasteiger partial charge on any atom is -0.332 e. The lowest BCUT2D eigenvalue weighted by molar-refractivity contribution is -0.137. The van der Waals surface area contributed by atoms with Gasteiger partial charge in [0.15, 0.2) is 10.6 Å². The van der Waals surface area contributed by atoms with E-state index in [0.29, 0.717) is 16.4 Å². The van der Waals surface area contributed by atoms with E-state index in [1.165, 1.54) is 21.6 Å². The second kappa shape index (κ2) is 10.2. The molecular weight excluding hydrogens is 479 g/mol. The normalized spacial score (nSPS) is 11.3. The Bertz CT molecular complexity index is 1210. The third-order valence-electron chi connectivity index (χ3n) is 4.73. The SMILES string of the molecule is CCN(CC(=O)Nc1ccccc1C(F)(F)F)C(=O)Cn1c(-c2ccc(Cl)cc2)n[nH]c1=S. The molecule has 0 aliphatic heterocycles. The number of likely N-dealkylation sites (N-methyl/N-ethyl adjacent to an activating group) is 1.